The van der Waals surface area contributed by atoms with Crippen LogP contribution in [-0.4, -0.2) is 12.6 Å². The van der Waals surface area contributed by atoms with Crippen molar-refractivity contribution in [1.82, 2.24) is 0 Å². The molecule has 0 spiro atoms. The molecule has 1 aliphatic carbocycles. The van der Waals surface area contributed by atoms with Crippen LogP contribution in [0.25, 0.3) is 0 Å². The standard InChI is InChI=1S/C13H16ClNO/c14-10-5-6-13-11(7-10)15-12(8-16-13)9-3-1-2-4-9/h5-7,9,12,15H,1-4,8H2. The van der Waals surface area contributed by atoms with E-state index in [1.165, 1.54) is 25.7 Å². The SMILES string of the molecule is Clc1ccc2c(c1)NC(C1CCCC1)CO2. The lowest BCUT2D eigenvalue weighted by Gasteiger charge is -2.31. The summed E-state index contributed by atoms with van der Waals surface area (Å²) in [5.41, 5.74) is 1.05. The topological polar surface area (TPSA) is 21.3 Å². The highest BCUT2D eigenvalue weighted by Gasteiger charge is 2.28. The molecule has 1 aromatic rings. The maximum Gasteiger partial charge on any atom is 0.142 e. The minimum atomic E-state index is 0.466. The van der Waals surface area contributed by atoms with Gasteiger partial charge in [-0.05, 0) is 37.0 Å². The lowest BCUT2D eigenvalue weighted by atomic mass is 9.97. The summed E-state index contributed by atoms with van der Waals surface area (Å²) in [7, 11) is 0. The van der Waals surface area contributed by atoms with E-state index in [1.807, 2.05) is 18.2 Å². The van der Waals surface area contributed by atoms with Crippen molar-refractivity contribution >= 4 is 17.3 Å². The van der Waals surface area contributed by atoms with Gasteiger partial charge in [-0.2, -0.15) is 0 Å². The van der Waals surface area contributed by atoms with Gasteiger partial charge in [-0.1, -0.05) is 24.4 Å². The number of hydrogen-bond acceptors (Lipinski definition) is 2. The molecule has 0 saturated heterocycles. The molecule has 1 saturated carbocycles. The van der Waals surface area contributed by atoms with Crippen LogP contribution in [0.5, 0.6) is 5.75 Å². The highest BCUT2D eigenvalue weighted by Crippen LogP contribution is 2.36. The first kappa shape index (κ1) is 10.3. The third-order valence-electron chi connectivity index (χ3n) is 3.67. The summed E-state index contributed by atoms with van der Waals surface area (Å²) in [6.45, 7) is 0.791. The molecule has 3 heteroatoms. The van der Waals surface area contributed by atoms with Crippen LogP contribution in [0.3, 0.4) is 0 Å². The minimum absolute atomic E-state index is 0.466. The molecule has 0 radical (unpaired) electrons. The van der Waals surface area contributed by atoms with Gasteiger partial charge < -0.3 is 10.1 Å². The summed E-state index contributed by atoms with van der Waals surface area (Å²) in [5.74, 6) is 1.70. The molecular formula is C13H16ClNO. The molecule has 1 unspecified atom stereocenters. The summed E-state index contributed by atoms with van der Waals surface area (Å²) >= 11 is 5.99. The predicted molar refractivity (Wildman–Crippen MR) is 66.3 cm³/mol. The second-order valence-corrected chi connectivity index (χ2v) is 5.18. The molecule has 3 rings (SSSR count). The van der Waals surface area contributed by atoms with Crippen molar-refractivity contribution in [3.05, 3.63) is 23.2 Å². The van der Waals surface area contributed by atoms with E-state index in [9.17, 15) is 0 Å². The van der Waals surface area contributed by atoms with Gasteiger partial charge in [0.05, 0.1) is 11.7 Å². The third kappa shape index (κ3) is 1.86. The predicted octanol–water partition coefficient (Wildman–Crippen LogP) is 3.70. The maximum atomic E-state index is 5.99. The number of ether oxygens (including phenoxy) is 1. The second-order valence-electron chi connectivity index (χ2n) is 4.75. The number of halogens is 1. The molecule has 1 atom stereocenters. The zero-order valence-corrected chi connectivity index (χ0v) is 9.96. The van der Waals surface area contributed by atoms with Gasteiger partial charge in [-0.25, -0.2) is 0 Å². The summed E-state index contributed by atoms with van der Waals surface area (Å²) in [5, 5.41) is 4.34. The van der Waals surface area contributed by atoms with Gasteiger partial charge in [0.15, 0.2) is 0 Å². The number of nitrogens with one attached hydrogen (secondary N) is 1. The monoisotopic (exact) mass is 237 g/mol. The lowest BCUT2D eigenvalue weighted by molar-refractivity contribution is 0.246. The molecule has 0 aromatic heterocycles. The van der Waals surface area contributed by atoms with Gasteiger partial charge in [0.25, 0.3) is 0 Å². The molecular weight excluding hydrogens is 222 g/mol. The molecule has 16 heavy (non-hydrogen) atoms. The van der Waals surface area contributed by atoms with E-state index in [-0.39, 0.29) is 0 Å². The van der Waals surface area contributed by atoms with Crippen LogP contribution in [0.15, 0.2) is 18.2 Å². The zero-order chi connectivity index (χ0) is 11.0. The van der Waals surface area contributed by atoms with Gasteiger partial charge in [0.2, 0.25) is 0 Å². The first-order valence-corrected chi connectivity index (χ1v) is 6.39. The van der Waals surface area contributed by atoms with Crippen LogP contribution >= 0.6 is 11.6 Å². The van der Waals surface area contributed by atoms with Crippen LogP contribution in [0.1, 0.15) is 25.7 Å². The van der Waals surface area contributed by atoms with Crippen molar-refractivity contribution in [2.45, 2.75) is 31.7 Å². The van der Waals surface area contributed by atoms with Gasteiger partial charge in [0.1, 0.15) is 12.4 Å². The number of anilines is 1. The molecule has 1 aromatic carbocycles. The molecule has 1 fully saturated rings. The Morgan fingerprint density at radius 2 is 2.06 bits per heavy atom. The molecule has 1 heterocycles. The molecule has 1 N–H and O–H groups in total. The van der Waals surface area contributed by atoms with Gasteiger partial charge in [-0.15, -0.1) is 0 Å². The Labute approximate surface area is 101 Å². The first-order valence-electron chi connectivity index (χ1n) is 6.02. The number of hydrogen-bond donors (Lipinski definition) is 1. The Morgan fingerprint density at radius 1 is 1.25 bits per heavy atom. The first-order chi connectivity index (χ1) is 7.83. The molecule has 0 bridgehead atoms. The van der Waals surface area contributed by atoms with Crippen molar-refractivity contribution in [3.63, 3.8) is 0 Å². The van der Waals surface area contributed by atoms with Crippen LogP contribution in [-0.2, 0) is 0 Å². The van der Waals surface area contributed by atoms with Crippen LogP contribution in [0.2, 0.25) is 5.02 Å². The maximum absolute atomic E-state index is 5.99. The number of benzene rings is 1. The Kier molecular flexibility index (Phi) is 2.68. The fourth-order valence-electron chi connectivity index (χ4n) is 2.78. The summed E-state index contributed by atoms with van der Waals surface area (Å²) < 4.78 is 5.78. The normalized spacial score (nSPS) is 24.7. The minimum Gasteiger partial charge on any atom is -0.489 e. The lowest BCUT2D eigenvalue weighted by Crippen LogP contribution is -2.36. The summed E-state index contributed by atoms with van der Waals surface area (Å²) in [4.78, 5) is 0. The van der Waals surface area contributed by atoms with E-state index in [1.54, 1.807) is 0 Å². The second kappa shape index (κ2) is 4.17. The van der Waals surface area contributed by atoms with Crippen molar-refractivity contribution in [3.8, 4) is 5.75 Å². The van der Waals surface area contributed by atoms with E-state index in [0.29, 0.717) is 6.04 Å². The quantitative estimate of drug-likeness (QED) is 0.804. The van der Waals surface area contributed by atoms with Gasteiger partial charge in [0, 0.05) is 5.02 Å². The van der Waals surface area contributed by atoms with Gasteiger partial charge >= 0.3 is 0 Å². The average molecular weight is 238 g/mol. The Hall–Kier alpha value is -0.890. The van der Waals surface area contributed by atoms with Crippen molar-refractivity contribution < 1.29 is 4.74 Å². The number of fused-ring (bicyclic) bond motifs is 1. The Morgan fingerprint density at radius 3 is 2.88 bits per heavy atom. The van der Waals surface area contributed by atoms with Crippen molar-refractivity contribution in [2.75, 3.05) is 11.9 Å². The molecule has 0 amide bonds. The highest BCUT2D eigenvalue weighted by atomic mass is 35.5. The van der Waals surface area contributed by atoms with E-state index >= 15 is 0 Å². The largest absolute Gasteiger partial charge is 0.489 e. The molecule has 1 aliphatic heterocycles. The summed E-state index contributed by atoms with van der Waals surface area (Å²) in [6, 6.07) is 6.24. The van der Waals surface area contributed by atoms with E-state index in [0.717, 1.165) is 29.0 Å². The molecule has 2 aliphatic rings. The van der Waals surface area contributed by atoms with Crippen molar-refractivity contribution in [2.24, 2.45) is 5.92 Å². The van der Waals surface area contributed by atoms with Crippen LogP contribution in [0.4, 0.5) is 5.69 Å². The summed E-state index contributed by atoms with van der Waals surface area (Å²) in [6.07, 6.45) is 5.39. The zero-order valence-electron chi connectivity index (χ0n) is 9.21. The fraction of sp³-hybridized carbons (Fsp3) is 0.538. The van der Waals surface area contributed by atoms with Crippen LogP contribution < -0.4 is 10.1 Å². The number of rotatable bonds is 1. The van der Waals surface area contributed by atoms with E-state index in [2.05, 4.69) is 5.32 Å². The molecule has 2 nitrogen and oxygen atoms in total. The molecule has 86 valence electrons. The third-order valence-corrected chi connectivity index (χ3v) is 3.90. The average Bonchev–Trinajstić information content (AvgIpc) is 2.81. The highest BCUT2D eigenvalue weighted by molar-refractivity contribution is 6.30. The van der Waals surface area contributed by atoms with Crippen LogP contribution in [0, 0.1) is 5.92 Å². The fourth-order valence-corrected chi connectivity index (χ4v) is 2.95. The van der Waals surface area contributed by atoms with E-state index in [4.69, 9.17) is 16.3 Å². The Balaban J connectivity index is 1.79. The van der Waals surface area contributed by atoms with E-state index < -0.39 is 0 Å². The van der Waals surface area contributed by atoms with Gasteiger partial charge in [-0.3, -0.25) is 0 Å². The smallest absolute Gasteiger partial charge is 0.142 e. The Bertz CT molecular complexity index is 388. The van der Waals surface area contributed by atoms with Crippen molar-refractivity contribution in [1.29, 1.82) is 0 Å².